The number of carbonyl (C=O) groups excluding carboxylic acids is 1. The van der Waals surface area contributed by atoms with Gasteiger partial charge in [0, 0.05) is 11.8 Å². The van der Waals surface area contributed by atoms with Crippen molar-refractivity contribution in [1.29, 1.82) is 0 Å². The van der Waals surface area contributed by atoms with Crippen molar-refractivity contribution in [2.45, 2.75) is 38.5 Å². The number of para-hydroxylation sites is 1. The van der Waals surface area contributed by atoms with Crippen molar-refractivity contribution in [3.63, 3.8) is 0 Å². The van der Waals surface area contributed by atoms with Crippen molar-refractivity contribution in [1.82, 2.24) is 4.98 Å². The van der Waals surface area contributed by atoms with Crippen LogP contribution in [0, 0.1) is 11.8 Å². The molecular weight excluding hydrogens is 294 g/mol. The molecule has 2 nitrogen and oxygen atoms in total. The van der Waals surface area contributed by atoms with Gasteiger partial charge < -0.3 is 0 Å². The summed E-state index contributed by atoms with van der Waals surface area (Å²) in [6, 6.07) is 12.0. The van der Waals surface area contributed by atoms with Gasteiger partial charge in [-0.2, -0.15) is 0 Å². The number of rotatable bonds is 7. The first-order valence-corrected chi connectivity index (χ1v) is 8.92. The van der Waals surface area contributed by atoms with Gasteiger partial charge in [-0.3, -0.25) is 4.79 Å². The van der Waals surface area contributed by atoms with Gasteiger partial charge in [-0.05, 0) is 61.8 Å². The predicted molar refractivity (Wildman–Crippen MR) is 101 cm³/mol. The average molecular weight is 319 g/mol. The first kappa shape index (κ1) is 16.6. The Morgan fingerprint density at radius 3 is 2.88 bits per heavy atom. The van der Waals surface area contributed by atoms with Crippen LogP contribution >= 0.6 is 0 Å². The van der Waals surface area contributed by atoms with Gasteiger partial charge in [0.15, 0.2) is 5.78 Å². The highest BCUT2D eigenvalue weighted by Gasteiger charge is 2.23. The summed E-state index contributed by atoms with van der Waals surface area (Å²) in [5.41, 5.74) is 1.81. The lowest BCUT2D eigenvalue weighted by Crippen LogP contribution is -2.00. The van der Waals surface area contributed by atoms with E-state index in [4.69, 9.17) is 0 Å². The van der Waals surface area contributed by atoms with Gasteiger partial charge in [-0.25, -0.2) is 4.98 Å². The lowest BCUT2D eigenvalue weighted by atomic mass is 9.97. The monoisotopic (exact) mass is 319 g/mol. The fourth-order valence-corrected chi connectivity index (χ4v) is 3.67. The zero-order chi connectivity index (χ0) is 16.8. The summed E-state index contributed by atoms with van der Waals surface area (Å²) >= 11 is 0. The van der Waals surface area contributed by atoms with E-state index in [1.165, 1.54) is 19.3 Å². The second-order valence-corrected chi connectivity index (χ2v) is 6.84. The number of pyridine rings is 1. The number of fused-ring (bicyclic) bond motifs is 1. The van der Waals surface area contributed by atoms with Crippen molar-refractivity contribution in [2.24, 2.45) is 11.8 Å². The molecule has 0 aliphatic heterocycles. The number of nitrogens with zero attached hydrogens (tertiary/aromatic N) is 1. The van der Waals surface area contributed by atoms with E-state index in [1.807, 2.05) is 48.6 Å². The maximum Gasteiger partial charge on any atom is 0.155 e. The minimum absolute atomic E-state index is 0.206. The van der Waals surface area contributed by atoms with Crippen LogP contribution < -0.4 is 0 Å². The molecule has 0 N–H and O–H groups in total. The average Bonchev–Trinajstić information content (AvgIpc) is 3.06. The Labute approximate surface area is 144 Å². The normalized spacial score (nSPS) is 20.7. The maximum absolute atomic E-state index is 12.1. The van der Waals surface area contributed by atoms with Crippen molar-refractivity contribution in [3.8, 4) is 0 Å². The van der Waals surface area contributed by atoms with Crippen molar-refractivity contribution in [2.75, 3.05) is 0 Å². The third kappa shape index (κ3) is 4.41. The Hall–Kier alpha value is -2.22. The molecule has 1 saturated carbocycles. The highest BCUT2D eigenvalue weighted by molar-refractivity contribution is 5.93. The number of benzene rings is 1. The third-order valence-electron chi connectivity index (χ3n) is 5.01. The van der Waals surface area contributed by atoms with Crippen LogP contribution in [0.1, 0.15) is 44.2 Å². The molecule has 1 aromatic heterocycles. The molecule has 0 radical (unpaired) electrons. The molecule has 0 saturated heterocycles. The van der Waals surface area contributed by atoms with Crippen LogP contribution in [0.3, 0.4) is 0 Å². The summed E-state index contributed by atoms with van der Waals surface area (Å²) in [6.45, 7) is 3.83. The van der Waals surface area contributed by atoms with E-state index >= 15 is 0 Å². The van der Waals surface area contributed by atoms with Gasteiger partial charge in [0.25, 0.3) is 0 Å². The SMILES string of the molecule is C=CCC1CCC(CCC(=O)/C=C/c2ccc3ccccc3n2)C1. The quantitative estimate of drug-likeness (QED) is 0.492. The number of ketones is 1. The van der Waals surface area contributed by atoms with Crippen LogP contribution in [0.25, 0.3) is 17.0 Å². The third-order valence-corrected chi connectivity index (χ3v) is 5.01. The second kappa shape index (κ2) is 8.05. The first-order chi connectivity index (χ1) is 11.7. The topological polar surface area (TPSA) is 30.0 Å². The molecule has 1 aromatic carbocycles. The molecule has 2 unspecified atom stereocenters. The van der Waals surface area contributed by atoms with E-state index in [-0.39, 0.29) is 5.78 Å². The van der Waals surface area contributed by atoms with Gasteiger partial charge in [-0.15, -0.1) is 6.58 Å². The summed E-state index contributed by atoms with van der Waals surface area (Å²) in [5, 5.41) is 1.12. The summed E-state index contributed by atoms with van der Waals surface area (Å²) in [6.07, 6.45) is 12.2. The van der Waals surface area contributed by atoms with E-state index < -0.39 is 0 Å². The Balaban J connectivity index is 1.50. The molecular formula is C22H25NO. The molecule has 2 heteroatoms. The van der Waals surface area contributed by atoms with Crippen LogP contribution in [-0.4, -0.2) is 10.8 Å². The number of hydrogen-bond acceptors (Lipinski definition) is 2. The zero-order valence-corrected chi connectivity index (χ0v) is 14.2. The highest BCUT2D eigenvalue weighted by atomic mass is 16.1. The minimum atomic E-state index is 0.206. The number of aromatic nitrogens is 1. The molecule has 1 fully saturated rings. The molecule has 0 amide bonds. The van der Waals surface area contributed by atoms with Crippen LogP contribution in [0.2, 0.25) is 0 Å². The number of allylic oxidation sites excluding steroid dienone is 2. The molecule has 24 heavy (non-hydrogen) atoms. The summed E-state index contributed by atoms with van der Waals surface area (Å²) < 4.78 is 0. The van der Waals surface area contributed by atoms with Crippen LogP contribution in [0.5, 0.6) is 0 Å². The fraction of sp³-hybridized carbons (Fsp3) is 0.364. The molecule has 0 bridgehead atoms. The molecule has 1 heterocycles. The van der Waals surface area contributed by atoms with E-state index in [9.17, 15) is 4.79 Å². The maximum atomic E-state index is 12.1. The van der Waals surface area contributed by atoms with Crippen LogP contribution in [0.15, 0.2) is 55.1 Å². The number of carbonyl (C=O) groups is 1. The Morgan fingerprint density at radius 1 is 1.17 bits per heavy atom. The van der Waals surface area contributed by atoms with Gasteiger partial charge in [-0.1, -0.05) is 36.8 Å². The molecule has 1 aliphatic carbocycles. The molecule has 0 spiro atoms. The predicted octanol–water partition coefficient (Wildman–Crippen LogP) is 5.59. The zero-order valence-electron chi connectivity index (χ0n) is 14.2. The molecule has 2 atom stereocenters. The summed E-state index contributed by atoms with van der Waals surface area (Å²) in [5.74, 6) is 1.71. The van der Waals surface area contributed by atoms with Gasteiger partial charge >= 0.3 is 0 Å². The number of hydrogen-bond donors (Lipinski definition) is 0. The Kier molecular flexibility index (Phi) is 5.58. The van der Waals surface area contributed by atoms with Crippen LogP contribution in [0.4, 0.5) is 0 Å². The highest BCUT2D eigenvalue weighted by Crippen LogP contribution is 2.35. The molecule has 1 aliphatic rings. The Morgan fingerprint density at radius 2 is 2.00 bits per heavy atom. The lowest BCUT2D eigenvalue weighted by Gasteiger charge is -2.08. The first-order valence-electron chi connectivity index (χ1n) is 8.92. The van der Waals surface area contributed by atoms with Crippen molar-refractivity contribution < 1.29 is 4.79 Å². The van der Waals surface area contributed by atoms with Crippen molar-refractivity contribution in [3.05, 3.63) is 60.8 Å². The van der Waals surface area contributed by atoms with E-state index in [0.29, 0.717) is 12.3 Å². The molecule has 2 aromatic rings. The minimum Gasteiger partial charge on any atom is -0.295 e. The standard InChI is InChI=1S/C22H25NO/c1-2-5-17-8-9-18(16-17)10-14-21(24)15-13-20-12-11-19-6-3-4-7-22(19)23-20/h2-4,6-7,11-13,15,17-18H,1,5,8-10,14,16H2/b15-13+. The van der Waals surface area contributed by atoms with Crippen molar-refractivity contribution >= 4 is 22.8 Å². The van der Waals surface area contributed by atoms with Gasteiger partial charge in [0.05, 0.1) is 11.2 Å². The van der Waals surface area contributed by atoms with Crippen LogP contribution in [-0.2, 0) is 4.79 Å². The van der Waals surface area contributed by atoms with Gasteiger partial charge in [0.1, 0.15) is 0 Å². The lowest BCUT2D eigenvalue weighted by molar-refractivity contribution is -0.114. The molecule has 124 valence electrons. The largest absolute Gasteiger partial charge is 0.295 e. The fourth-order valence-electron chi connectivity index (χ4n) is 3.67. The molecule has 3 rings (SSSR count). The van der Waals surface area contributed by atoms with E-state index in [0.717, 1.165) is 35.4 Å². The smallest absolute Gasteiger partial charge is 0.155 e. The second-order valence-electron chi connectivity index (χ2n) is 6.84. The summed E-state index contributed by atoms with van der Waals surface area (Å²) in [4.78, 5) is 16.7. The Bertz CT molecular complexity index is 746. The van der Waals surface area contributed by atoms with E-state index in [2.05, 4.69) is 11.6 Å². The summed E-state index contributed by atoms with van der Waals surface area (Å²) in [7, 11) is 0. The van der Waals surface area contributed by atoms with Gasteiger partial charge in [0.2, 0.25) is 0 Å². The van der Waals surface area contributed by atoms with E-state index in [1.54, 1.807) is 6.08 Å².